The van der Waals surface area contributed by atoms with Gasteiger partial charge in [-0.25, -0.2) is 0 Å². The van der Waals surface area contributed by atoms with Crippen LogP contribution in [0.3, 0.4) is 0 Å². The largest absolute Gasteiger partial charge is 0.480 e. The molecule has 0 saturated carbocycles. The van der Waals surface area contributed by atoms with Crippen LogP contribution in [-0.4, -0.2) is 27.6 Å². The van der Waals surface area contributed by atoms with Gasteiger partial charge in [0, 0.05) is 10.5 Å². The van der Waals surface area contributed by atoms with Gasteiger partial charge in [0.1, 0.15) is 6.04 Å². The van der Waals surface area contributed by atoms with E-state index in [-0.39, 0.29) is 4.75 Å². The second-order valence-corrected chi connectivity index (χ2v) is 6.59. The highest BCUT2D eigenvalue weighted by Gasteiger charge is 2.15. The molecule has 0 amide bonds. The molecule has 1 atom stereocenters. The number of carboxylic acids is 1. The van der Waals surface area contributed by atoms with Crippen molar-refractivity contribution in [2.75, 3.05) is 5.75 Å². The van der Waals surface area contributed by atoms with Crippen LogP contribution in [0.1, 0.15) is 20.8 Å². The van der Waals surface area contributed by atoms with Crippen molar-refractivity contribution in [3.63, 3.8) is 0 Å². The van der Waals surface area contributed by atoms with Crippen molar-refractivity contribution >= 4 is 27.6 Å². The third kappa shape index (κ3) is 6.82. The van der Waals surface area contributed by atoms with E-state index >= 15 is 0 Å². The number of rotatable bonds is 4. The predicted octanol–water partition coefficient (Wildman–Crippen LogP) is 1.58. The molecule has 3 N–H and O–H groups in total. The molecular weight excluding hydrogens is 194 g/mol. The number of hydrogen-bond donors (Lipinski definition) is 2. The quantitative estimate of drug-likeness (QED) is 0.688. The standard InChI is InChI=1S/C7H15NO2S2/c1-7(2,3)12-11-4-5(8)6(9)10/h5H,4,8H2,1-3H3,(H,9,10). The zero-order chi connectivity index (χ0) is 9.78. The Morgan fingerprint density at radius 1 is 1.58 bits per heavy atom. The highest BCUT2D eigenvalue weighted by atomic mass is 33.1. The molecule has 0 aromatic heterocycles. The van der Waals surface area contributed by atoms with Gasteiger partial charge in [-0.15, -0.1) is 0 Å². The van der Waals surface area contributed by atoms with Crippen molar-refractivity contribution in [3.05, 3.63) is 0 Å². The smallest absolute Gasteiger partial charge is 0.321 e. The van der Waals surface area contributed by atoms with Crippen LogP contribution in [0.4, 0.5) is 0 Å². The van der Waals surface area contributed by atoms with Crippen LogP contribution in [-0.2, 0) is 4.79 Å². The fourth-order valence-electron chi connectivity index (χ4n) is 0.355. The van der Waals surface area contributed by atoms with Crippen LogP contribution in [0.5, 0.6) is 0 Å². The van der Waals surface area contributed by atoms with Gasteiger partial charge in [-0.3, -0.25) is 4.79 Å². The van der Waals surface area contributed by atoms with Crippen LogP contribution in [0.2, 0.25) is 0 Å². The van der Waals surface area contributed by atoms with E-state index in [9.17, 15) is 4.79 Å². The summed E-state index contributed by atoms with van der Waals surface area (Å²) in [6.45, 7) is 6.24. The topological polar surface area (TPSA) is 63.3 Å². The number of carboxylic acid groups (broad SMARTS) is 1. The number of carbonyl (C=O) groups is 1. The summed E-state index contributed by atoms with van der Waals surface area (Å²) in [6, 6.07) is -0.746. The predicted molar refractivity (Wildman–Crippen MR) is 55.4 cm³/mol. The molecule has 0 aliphatic rings. The summed E-state index contributed by atoms with van der Waals surface area (Å²) < 4.78 is 0.156. The van der Waals surface area contributed by atoms with E-state index in [4.69, 9.17) is 10.8 Å². The molecule has 0 aromatic carbocycles. The van der Waals surface area contributed by atoms with Gasteiger partial charge in [0.15, 0.2) is 0 Å². The van der Waals surface area contributed by atoms with Gasteiger partial charge in [0.05, 0.1) is 0 Å². The second kappa shape index (κ2) is 4.99. The van der Waals surface area contributed by atoms with Crippen LogP contribution in [0, 0.1) is 0 Å². The first kappa shape index (κ1) is 12.1. The average molecular weight is 209 g/mol. The van der Waals surface area contributed by atoms with E-state index in [2.05, 4.69) is 20.8 Å². The summed E-state index contributed by atoms with van der Waals surface area (Å²) in [7, 11) is 3.16. The lowest BCUT2D eigenvalue weighted by molar-refractivity contribution is -0.137. The summed E-state index contributed by atoms with van der Waals surface area (Å²) in [6.07, 6.45) is 0. The first-order valence-corrected chi connectivity index (χ1v) is 5.94. The van der Waals surface area contributed by atoms with E-state index in [1.54, 1.807) is 10.8 Å². The molecule has 0 spiro atoms. The van der Waals surface area contributed by atoms with Gasteiger partial charge in [-0.1, -0.05) is 42.4 Å². The molecule has 5 heteroatoms. The minimum absolute atomic E-state index is 0.156. The van der Waals surface area contributed by atoms with Gasteiger partial charge in [0.2, 0.25) is 0 Å². The minimum Gasteiger partial charge on any atom is -0.480 e. The Morgan fingerprint density at radius 3 is 2.42 bits per heavy atom. The highest BCUT2D eigenvalue weighted by Crippen LogP contribution is 2.34. The van der Waals surface area contributed by atoms with Crippen LogP contribution >= 0.6 is 21.6 Å². The number of hydrogen-bond acceptors (Lipinski definition) is 4. The lowest BCUT2D eigenvalue weighted by atomic mass is 10.3. The molecule has 0 bridgehead atoms. The van der Waals surface area contributed by atoms with E-state index in [0.29, 0.717) is 5.75 Å². The molecular formula is C7H15NO2S2. The fraction of sp³-hybridized carbons (Fsp3) is 0.857. The lowest BCUT2D eigenvalue weighted by Gasteiger charge is -2.16. The Balaban J connectivity index is 3.51. The van der Waals surface area contributed by atoms with E-state index < -0.39 is 12.0 Å². The van der Waals surface area contributed by atoms with Gasteiger partial charge in [-0.2, -0.15) is 0 Å². The average Bonchev–Trinajstić information content (AvgIpc) is 1.84. The van der Waals surface area contributed by atoms with Gasteiger partial charge >= 0.3 is 5.97 Å². The second-order valence-electron chi connectivity index (χ2n) is 3.42. The Labute approximate surface area is 80.9 Å². The monoisotopic (exact) mass is 209 g/mol. The minimum atomic E-state index is -0.933. The maximum absolute atomic E-state index is 10.3. The first-order chi connectivity index (χ1) is 5.33. The zero-order valence-electron chi connectivity index (χ0n) is 7.53. The fourth-order valence-corrected chi connectivity index (χ4v) is 2.77. The summed E-state index contributed by atoms with van der Waals surface area (Å²) >= 11 is 0. The highest BCUT2D eigenvalue weighted by molar-refractivity contribution is 8.77. The summed E-state index contributed by atoms with van der Waals surface area (Å²) in [4.78, 5) is 10.3. The molecule has 0 aliphatic heterocycles. The van der Waals surface area contributed by atoms with Gasteiger partial charge in [-0.05, 0) is 0 Å². The summed E-state index contributed by atoms with van der Waals surface area (Å²) in [5.41, 5.74) is 5.31. The number of nitrogens with two attached hydrogens (primary N) is 1. The SMILES string of the molecule is CC(C)(C)SSCC(N)C(=O)O. The van der Waals surface area contributed by atoms with E-state index in [0.717, 1.165) is 0 Å². The Hall–Kier alpha value is 0.130. The molecule has 0 rings (SSSR count). The van der Waals surface area contributed by atoms with E-state index in [1.165, 1.54) is 10.8 Å². The molecule has 0 aliphatic carbocycles. The molecule has 1 unspecified atom stereocenters. The molecule has 0 radical (unpaired) electrons. The third-order valence-electron chi connectivity index (χ3n) is 0.874. The van der Waals surface area contributed by atoms with Crippen LogP contribution < -0.4 is 5.73 Å². The Kier molecular flexibility index (Phi) is 5.04. The van der Waals surface area contributed by atoms with Crippen LogP contribution in [0.15, 0.2) is 0 Å². The van der Waals surface area contributed by atoms with E-state index in [1.807, 2.05) is 0 Å². The Bertz CT molecular complexity index is 156. The molecule has 0 heterocycles. The normalized spacial score (nSPS) is 14.3. The third-order valence-corrected chi connectivity index (χ3v) is 4.25. The van der Waals surface area contributed by atoms with Gasteiger partial charge in [0.25, 0.3) is 0 Å². The lowest BCUT2D eigenvalue weighted by Crippen LogP contribution is -2.32. The molecule has 72 valence electrons. The van der Waals surface area contributed by atoms with Crippen LogP contribution in [0.25, 0.3) is 0 Å². The number of aliphatic carboxylic acids is 1. The maximum Gasteiger partial charge on any atom is 0.321 e. The zero-order valence-corrected chi connectivity index (χ0v) is 9.17. The maximum atomic E-state index is 10.3. The van der Waals surface area contributed by atoms with Crippen molar-refractivity contribution < 1.29 is 9.90 Å². The molecule has 0 saturated heterocycles. The van der Waals surface area contributed by atoms with Crippen molar-refractivity contribution in [1.29, 1.82) is 0 Å². The van der Waals surface area contributed by atoms with Crippen molar-refractivity contribution in [2.24, 2.45) is 5.73 Å². The molecule has 0 fully saturated rings. The molecule has 12 heavy (non-hydrogen) atoms. The summed E-state index contributed by atoms with van der Waals surface area (Å²) in [5, 5.41) is 8.46. The first-order valence-electron chi connectivity index (χ1n) is 3.62. The summed E-state index contributed by atoms with van der Waals surface area (Å²) in [5.74, 6) is -0.478. The van der Waals surface area contributed by atoms with Crippen molar-refractivity contribution in [1.82, 2.24) is 0 Å². The Morgan fingerprint density at radius 2 is 2.08 bits per heavy atom. The molecule has 0 aromatic rings. The molecule has 3 nitrogen and oxygen atoms in total. The van der Waals surface area contributed by atoms with Crippen molar-refractivity contribution in [2.45, 2.75) is 31.6 Å². The van der Waals surface area contributed by atoms with Gasteiger partial charge < -0.3 is 10.8 Å². The van der Waals surface area contributed by atoms with Crippen molar-refractivity contribution in [3.8, 4) is 0 Å².